The van der Waals surface area contributed by atoms with Crippen LogP contribution in [0.25, 0.3) is 0 Å². The fourth-order valence-corrected chi connectivity index (χ4v) is 3.78. The monoisotopic (exact) mass is 288 g/mol. The Labute approximate surface area is 117 Å². The van der Waals surface area contributed by atoms with Crippen molar-refractivity contribution < 1.29 is 13.7 Å². The molecule has 2 heterocycles. The van der Waals surface area contributed by atoms with E-state index in [0.29, 0.717) is 24.9 Å². The molecule has 0 aromatic carbocycles. The highest BCUT2D eigenvalue weighted by molar-refractivity contribution is 7.85. The highest BCUT2D eigenvalue weighted by Crippen LogP contribution is 2.11. The van der Waals surface area contributed by atoms with Gasteiger partial charge in [0.05, 0.1) is 12.6 Å². The van der Waals surface area contributed by atoms with Crippen molar-refractivity contribution in [3.05, 3.63) is 0 Å². The van der Waals surface area contributed by atoms with Crippen molar-refractivity contribution in [2.75, 3.05) is 37.7 Å². The molecule has 6 heteroatoms. The van der Waals surface area contributed by atoms with Gasteiger partial charge in [0.1, 0.15) is 0 Å². The van der Waals surface area contributed by atoms with E-state index in [2.05, 4.69) is 17.1 Å². The van der Waals surface area contributed by atoms with Crippen molar-refractivity contribution in [1.82, 2.24) is 10.2 Å². The molecule has 0 bridgehead atoms. The lowest BCUT2D eigenvalue weighted by molar-refractivity contribution is -0.123. The Kier molecular flexibility index (Phi) is 5.78. The molecule has 0 aromatic heterocycles. The van der Waals surface area contributed by atoms with Gasteiger partial charge in [0.15, 0.2) is 0 Å². The summed E-state index contributed by atoms with van der Waals surface area (Å²) in [6.07, 6.45) is 3.23. The number of nitrogens with zero attached hydrogens (tertiary/aromatic N) is 1. The molecule has 110 valence electrons. The van der Waals surface area contributed by atoms with Gasteiger partial charge >= 0.3 is 0 Å². The van der Waals surface area contributed by atoms with Gasteiger partial charge in [-0.15, -0.1) is 0 Å². The number of rotatable bonds is 4. The summed E-state index contributed by atoms with van der Waals surface area (Å²) in [6, 6.07) is 0.333. The molecule has 2 aliphatic rings. The third-order valence-electron chi connectivity index (χ3n) is 3.89. The second-order valence-electron chi connectivity index (χ2n) is 5.40. The van der Waals surface area contributed by atoms with Gasteiger partial charge in [-0.05, 0) is 26.2 Å². The van der Waals surface area contributed by atoms with Gasteiger partial charge < -0.3 is 10.1 Å². The first-order valence-corrected chi connectivity index (χ1v) is 8.61. The Balaban J connectivity index is 1.72. The van der Waals surface area contributed by atoms with Crippen LogP contribution in [0.4, 0.5) is 0 Å². The molecule has 3 unspecified atom stereocenters. The van der Waals surface area contributed by atoms with Crippen molar-refractivity contribution >= 4 is 16.7 Å². The number of nitrogens with one attached hydrogen (secondary N) is 1. The Morgan fingerprint density at radius 1 is 1.42 bits per heavy atom. The Bertz CT molecular complexity index is 332. The lowest BCUT2D eigenvalue weighted by atomic mass is 10.2. The van der Waals surface area contributed by atoms with Crippen LogP contribution in [0.5, 0.6) is 0 Å². The van der Waals surface area contributed by atoms with Gasteiger partial charge in [0.25, 0.3) is 0 Å². The average Bonchev–Trinajstić information content (AvgIpc) is 2.86. The Morgan fingerprint density at radius 3 is 3.00 bits per heavy atom. The second kappa shape index (κ2) is 7.36. The third kappa shape index (κ3) is 4.85. The summed E-state index contributed by atoms with van der Waals surface area (Å²) in [7, 11) is -0.713. The highest BCUT2D eigenvalue weighted by atomic mass is 32.2. The quantitative estimate of drug-likeness (QED) is 0.798. The SMILES string of the molecule is CC1CCS(=O)CCN1CC(=O)NCC1CCCO1. The molecule has 0 aliphatic carbocycles. The minimum absolute atomic E-state index is 0.0510. The minimum atomic E-state index is -0.713. The fourth-order valence-electron chi connectivity index (χ4n) is 2.53. The summed E-state index contributed by atoms with van der Waals surface area (Å²) in [5, 5.41) is 2.94. The molecular weight excluding hydrogens is 264 g/mol. The second-order valence-corrected chi connectivity index (χ2v) is 7.09. The smallest absolute Gasteiger partial charge is 0.234 e. The molecule has 0 saturated carbocycles. The van der Waals surface area contributed by atoms with Crippen LogP contribution in [0.1, 0.15) is 26.2 Å². The largest absolute Gasteiger partial charge is 0.376 e. The first-order valence-electron chi connectivity index (χ1n) is 7.12. The molecule has 3 atom stereocenters. The third-order valence-corrected chi connectivity index (χ3v) is 5.22. The molecule has 2 aliphatic heterocycles. The minimum Gasteiger partial charge on any atom is -0.376 e. The zero-order valence-electron chi connectivity index (χ0n) is 11.6. The molecule has 2 rings (SSSR count). The van der Waals surface area contributed by atoms with Crippen molar-refractivity contribution in [2.45, 2.75) is 38.3 Å². The van der Waals surface area contributed by atoms with Crippen molar-refractivity contribution in [3.63, 3.8) is 0 Å². The zero-order valence-corrected chi connectivity index (χ0v) is 12.4. The molecule has 0 aromatic rings. The maximum Gasteiger partial charge on any atom is 0.234 e. The van der Waals surface area contributed by atoms with E-state index in [0.717, 1.165) is 38.2 Å². The summed E-state index contributed by atoms with van der Waals surface area (Å²) in [5.74, 6) is 1.49. The van der Waals surface area contributed by atoms with Gasteiger partial charge in [-0.1, -0.05) is 0 Å². The molecule has 2 fully saturated rings. The highest BCUT2D eigenvalue weighted by Gasteiger charge is 2.22. The van der Waals surface area contributed by atoms with Crippen molar-refractivity contribution in [2.24, 2.45) is 0 Å². The van der Waals surface area contributed by atoms with E-state index in [-0.39, 0.29) is 12.0 Å². The fraction of sp³-hybridized carbons (Fsp3) is 0.923. The van der Waals surface area contributed by atoms with Crippen LogP contribution in [0.15, 0.2) is 0 Å². The van der Waals surface area contributed by atoms with Gasteiger partial charge in [-0.25, -0.2) is 0 Å². The standard InChI is InChI=1S/C13H24N2O3S/c1-11-4-7-19(17)8-5-15(11)10-13(16)14-9-12-3-2-6-18-12/h11-12H,2-10H2,1H3,(H,14,16). The number of hydrogen-bond donors (Lipinski definition) is 1. The van der Waals surface area contributed by atoms with Gasteiger partial charge in [0, 0.05) is 48.0 Å². The van der Waals surface area contributed by atoms with E-state index in [1.165, 1.54) is 0 Å². The van der Waals surface area contributed by atoms with Crippen molar-refractivity contribution in [1.29, 1.82) is 0 Å². The normalized spacial score (nSPS) is 33.0. The van der Waals surface area contributed by atoms with Crippen LogP contribution in [-0.2, 0) is 20.3 Å². The summed E-state index contributed by atoms with van der Waals surface area (Å²) in [5.41, 5.74) is 0. The number of carbonyl (C=O) groups excluding carboxylic acids is 1. The predicted molar refractivity (Wildman–Crippen MR) is 75.5 cm³/mol. The molecule has 0 radical (unpaired) electrons. The van der Waals surface area contributed by atoms with Gasteiger partial charge in [0.2, 0.25) is 5.91 Å². The molecule has 1 amide bonds. The van der Waals surface area contributed by atoms with Crippen LogP contribution in [0, 0.1) is 0 Å². The van der Waals surface area contributed by atoms with E-state index in [9.17, 15) is 9.00 Å². The van der Waals surface area contributed by atoms with Crippen LogP contribution in [0.3, 0.4) is 0 Å². The summed E-state index contributed by atoms with van der Waals surface area (Å²) in [6.45, 7) is 4.70. The number of ether oxygens (including phenoxy) is 1. The summed E-state index contributed by atoms with van der Waals surface area (Å²) >= 11 is 0. The van der Waals surface area contributed by atoms with Crippen LogP contribution < -0.4 is 5.32 Å². The average molecular weight is 288 g/mol. The molecule has 2 saturated heterocycles. The van der Waals surface area contributed by atoms with Crippen molar-refractivity contribution in [3.8, 4) is 0 Å². The number of amides is 1. The Hall–Kier alpha value is -0.460. The maximum atomic E-state index is 11.9. The number of carbonyl (C=O) groups is 1. The molecule has 19 heavy (non-hydrogen) atoms. The lowest BCUT2D eigenvalue weighted by Gasteiger charge is -2.25. The summed E-state index contributed by atoms with van der Waals surface area (Å²) < 4.78 is 17.0. The van der Waals surface area contributed by atoms with E-state index in [1.807, 2.05) is 0 Å². The van der Waals surface area contributed by atoms with Gasteiger partial charge in [-0.3, -0.25) is 13.9 Å². The van der Waals surface area contributed by atoms with Crippen LogP contribution in [0.2, 0.25) is 0 Å². The molecule has 1 N–H and O–H groups in total. The topological polar surface area (TPSA) is 58.6 Å². The van der Waals surface area contributed by atoms with E-state index in [1.54, 1.807) is 0 Å². The molecule has 5 nitrogen and oxygen atoms in total. The van der Waals surface area contributed by atoms with Gasteiger partial charge in [-0.2, -0.15) is 0 Å². The number of hydrogen-bond acceptors (Lipinski definition) is 4. The zero-order chi connectivity index (χ0) is 13.7. The Morgan fingerprint density at radius 2 is 2.26 bits per heavy atom. The van der Waals surface area contributed by atoms with E-state index in [4.69, 9.17) is 4.74 Å². The van der Waals surface area contributed by atoms with Crippen LogP contribution >= 0.6 is 0 Å². The lowest BCUT2D eigenvalue weighted by Crippen LogP contribution is -2.44. The van der Waals surface area contributed by atoms with E-state index >= 15 is 0 Å². The first-order chi connectivity index (χ1) is 9.15. The molecule has 0 spiro atoms. The predicted octanol–water partition coefficient (Wildman–Crippen LogP) is 0.125. The maximum absolute atomic E-state index is 11.9. The van der Waals surface area contributed by atoms with E-state index < -0.39 is 10.8 Å². The van der Waals surface area contributed by atoms with Crippen LogP contribution in [-0.4, -0.2) is 64.9 Å². The first kappa shape index (κ1) is 14.9. The summed E-state index contributed by atoms with van der Waals surface area (Å²) in [4.78, 5) is 14.1. The molecular formula is C13H24N2O3S.